The van der Waals surface area contributed by atoms with Gasteiger partial charge in [-0.3, -0.25) is 0 Å². The van der Waals surface area contributed by atoms with E-state index in [9.17, 15) is 22.3 Å². The van der Waals surface area contributed by atoms with Gasteiger partial charge in [0.25, 0.3) is 0 Å². The Morgan fingerprint density at radius 2 is 2.00 bits per heavy atom. The number of nitrogens with one attached hydrogen (secondary N) is 1. The first-order valence-electron chi connectivity index (χ1n) is 5.98. The Balaban J connectivity index is 2.01. The molecule has 1 aliphatic rings. The average molecular weight is 291 g/mol. The molecule has 0 aromatic heterocycles. The fourth-order valence-corrected chi connectivity index (χ4v) is 3.04. The Morgan fingerprint density at radius 3 is 2.58 bits per heavy atom. The van der Waals surface area contributed by atoms with Gasteiger partial charge >= 0.3 is 0 Å². The minimum absolute atomic E-state index is 0.174. The zero-order valence-corrected chi connectivity index (χ0v) is 11.0. The molecule has 1 aliphatic carbocycles. The van der Waals surface area contributed by atoms with Gasteiger partial charge in [-0.1, -0.05) is 0 Å². The first-order valence-corrected chi connectivity index (χ1v) is 7.63. The van der Waals surface area contributed by atoms with Gasteiger partial charge < -0.3 is 10.4 Å². The van der Waals surface area contributed by atoms with Crippen LogP contribution in [0, 0.1) is 11.6 Å². The SMILES string of the molecule is O=S(=O)(CC(O)CNC1CC1)c1ccc(F)c(F)c1. The molecule has 4 nitrogen and oxygen atoms in total. The molecule has 1 saturated carbocycles. The lowest BCUT2D eigenvalue weighted by Gasteiger charge is -2.12. The van der Waals surface area contributed by atoms with Crippen LogP contribution in [0.4, 0.5) is 8.78 Å². The van der Waals surface area contributed by atoms with Gasteiger partial charge in [0.2, 0.25) is 0 Å². The van der Waals surface area contributed by atoms with E-state index < -0.39 is 33.3 Å². The molecule has 7 heteroatoms. The van der Waals surface area contributed by atoms with Crippen molar-refractivity contribution in [1.82, 2.24) is 5.32 Å². The topological polar surface area (TPSA) is 66.4 Å². The third-order valence-corrected chi connectivity index (χ3v) is 4.68. The van der Waals surface area contributed by atoms with Crippen molar-refractivity contribution in [1.29, 1.82) is 0 Å². The number of aliphatic hydroxyl groups excluding tert-OH is 1. The second-order valence-corrected chi connectivity index (χ2v) is 6.73. The number of hydrogen-bond acceptors (Lipinski definition) is 4. The largest absolute Gasteiger partial charge is 0.391 e. The van der Waals surface area contributed by atoms with Crippen LogP contribution in [0.3, 0.4) is 0 Å². The van der Waals surface area contributed by atoms with Gasteiger partial charge in [-0.2, -0.15) is 0 Å². The molecule has 0 spiro atoms. The van der Waals surface area contributed by atoms with Crippen LogP contribution in [0.25, 0.3) is 0 Å². The quantitative estimate of drug-likeness (QED) is 0.763. The fraction of sp³-hybridized carbons (Fsp3) is 0.500. The van der Waals surface area contributed by atoms with Gasteiger partial charge in [0, 0.05) is 12.6 Å². The maximum absolute atomic E-state index is 13.0. The highest BCUT2D eigenvalue weighted by molar-refractivity contribution is 7.91. The minimum Gasteiger partial charge on any atom is -0.391 e. The zero-order valence-electron chi connectivity index (χ0n) is 10.1. The van der Waals surface area contributed by atoms with Gasteiger partial charge in [0.1, 0.15) is 0 Å². The second kappa shape index (κ2) is 5.52. The van der Waals surface area contributed by atoms with E-state index in [-0.39, 0.29) is 11.4 Å². The smallest absolute Gasteiger partial charge is 0.181 e. The van der Waals surface area contributed by atoms with Crippen molar-refractivity contribution in [3.05, 3.63) is 29.8 Å². The monoisotopic (exact) mass is 291 g/mol. The number of rotatable bonds is 6. The maximum Gasteiger partial charge on any atom is 0.181 e. The Bertz CT molecular complexity index is 558. The highest BCUT2D eigenvalue weighted by Crippen LogP contribution is 2.19. The molecule has 1 fully saturated rings. The van der Waals surface area contributed by atoms with E-state index in [0.717, 1.165) is 25.0 Å². The summed E-state index contributed by atoms with van der Waals surface area (Å²) < 4.78 is 49.5. The third-order valence-electron chi connectivity index (χ3n) is 2.88. The van der Waals surface area contributed by atoms with E-state index in [1.807, 2.05) is 0 Å². The molecule has 0 radical (unpaired) electrons. The van der Waals surface area contributed by atoms with Crippen molar-refractivity contribution < 1.29 is 22.3 Å². The van der Waals surface area contributed by atoms with Crippen LogP contribution in [0.15, 0.2) is 23.1 Å². The van der Waals surface area contributed by atoms with Gasteiger partial charge in [-0.05, 0) is 31.0 Å². The van der Waals surface area contributed by atoms with Crippen molar-refractivity contribution in [2.24, 2.45) is 0 Å². The standard InChI is InChI=1S/C12H15F2NO3S/c13-11-4-3-10(5-12(11)14)19(17,18)7-9(16)6-15-8-1-2-8/h3-5,8-9,15-16H,1-2,6-7H2. The van der Waals surface area contributed by atoms with Crippen molar-refractivity contribution in [3.63, 3.8) is 0 Å². The molecule has 2 rings (SSSR count). The molecule has 0 heterocycles. The molecular formula is C12H15F2NO3S. The van der Waals surface area contributed by atoms with Crippen molar-refractivity contribution >= 4 is 9.84 Å². The van der Waals surface area contributed by atoms with Gasteiger partial charge in [0.15, 0.2) is 21.5 Å². The van der Waals surface area contributed by atoms with Crippen molar-refractivity contribution in [3.8, 4) is 0 Å². The van der Waals surface area contributed by atoms with Crippen LogP contribution < -0.4 is 5.32 Å². The molecule has 0 amide bonds. The summed E-state index contributed by atoms with van der Waals surface area (Å²) in [6, 6.07) is 2.75. The predicted octanol–water partition coefficient (Wildman–Crippen LogP) is 0.851. The second-order valence-electron chi connectivity index (χ2n) is 4.69. The molecule has 1 aromatic rings. The fourth-order valence-electron chi connectivity index (χ4n) is 1.67. The molecule has 1 aromatic carbocycles. The molecule has 19 heavy (non-hydrogen) atoms. The Hall–Kier alpha value is -1.05. The summed E-state index contributed by atoms with van der Waals surface area (Å²) in [6.45, 7) is 0.174. The third kappa shape index (κ3) is 3.95. The summed E-state index contributed by atoms with van der Waals surface area (Å²) in [5.74, 6) is -2.83. The Morgan fingerprint density at radius 1 is 1.32 bits per heavy atom. The number of halogens is 2. The van der Waals surface area contributed by atoms with Crippen LogP contribution in [-0.2, 0) is 9.84 Å². The van der Waals surface area contributed by atoms with E-state index in [1.165, 1.54) is 0 Å². The highest BCUT2D eigenvalue weighted by Gasteiger charge is 2.24. The van der Waals surface area contributed by atoms with Crippen molar-refractivity contribution in [2.45, 2.75) is 29.9 Å². The van der Waals surface area contributed by atoms with E-state index >= 15 is 0 Å². The molecule has 106 valence electrons. The van der Waals surface area contributed by atoms with Crippen LogP contribution in [0.5, 0.6) is 0 Å². The summed E-state index contributed by atoms with van der Waals surface area (Å²) in [5, 5.41) is 12.6. The molecule has 2 N–H and O–H groups in total. The van der Waals surface area contributed by atoms with E-state index in [0.29, 0.717) is 12.1 Å². The van der Waals surface area contributed by atoms with Gasteiger partial charge in [-0.25, -0.2) is 17.2 Å². The van der Waals surface area contributed by atoms with Crippen molar-refractivity contribution in [2.75, 3.05) is 12.3 Å². The summed E-state index contributed by atoms with van der Waals surface area (Å²) in [6.07, 6.45) is 0.990. The number of aliphatic hydroxyl groups is 1. The molecule has 0 bridgehead atoms. The Labute approximate surface area is 110 Å². The maximum atomic E-state index is 13.0. The summed E-state index contributed by atoms with van der Waals surface area (Å²) >= 11 is 0. The lowest BCUT2D eigenvalue weighted by Crippen LogP contribution is -2.33. The van der Waals surface area contributed by atoms with Crippen LogP contribution in [0.2, 0.25) is 0 Å². The van der Waals surface area contributed by atoms with Crippen LogP contribution >= 0.6 is 0 Å². The number of benzene rings is 1. The Kier molecular flexibility index (Phi) is 4.17. The lowest BCUT2D eigenvalue weighted by molar-refractivity contribution is 0.193. The molecular weight excluding hydrogens is 276 g/mol. The molecule has 0 saturated heterocycles. The highest BCUT2D eigenvalue weighted by atomic mass is 32.2. The summed E-state index contributed by atoms with van der Waals surface area (Å²) in [7, 11) is -3.82. The normalized spacial score (nSPS) is 17.4. The molecule has 0 aliphatic heterocycles. The van der Waals surface area contributed by atoms with Crippen LogP contribution in [-0.4, -0.2) is 38.0 Å². The van der Waals surface area contributed by atoms with Crippen LogP contribution in [0.1, 0.15) is 12.8 Å². The van der Waals surface area contributed by atoms with E-state index in [4.69, 9.17) is 0 Å². The first kappa shape index (κ1) is 14.4. The summed E-state index contributed by atoms with van der Waals surface area (Å²) in [5.41, 5.74) is 0. The lowest BCUT2D eigenvalue weighted by atomic mass is 10.3. The molecule has 1 atom stereocenters. The van der Waals surface area contributed by atoms with E-state index in [1.54, 1.807) is 0 Å². The summed E-state index contributed by atoms with van der Waals surface area (Å²) in [4.78, 5) is -0.322. The first-order chi connectivity index (χ1) is 8.88. The minimum atomic E-state index is -3.82. The van der Waals surface area contributed by atoms with Gasteiger partial charge in [0.05, 0.1) is 16.8 Å². The zero-order chi connectivity index (χ0) is 14.0. The van der Waals surface area contributed by atoms with E-state index in [2.05, 4.69) is 5.32 Å². The molecule has 1 unspecified atom stereocenters. The average Bonchev–Trinajstić information content (AvgIpc) is 3.13. The van der Waals surface area contributed by atoms with Gasteiger partial charge in [-0.15, -0.1) is 0 Å². The number of sulfone groups is 1. The number of hydrogen-bond donors (Lipinski definition) is 2. The predicted molar refractivity (Wildman–Crippen MR) is 65.4 cm³/mol.